The van der Waals surface area contributed by atoms with Gasteiger partial charge in [-0.05, 0) is 55.0 Å². The van der Waals surface area contributed by atoms with Crippen LogP contribution in [0.25, 0.3) is 0 Å². The van der Waals surface area contributed by atoms with Crippen molar-refractivity contribution in [2.75, 3.05) is 10.6 Å². The lowest BCUT2D eigenvalue weighted by Gasteiger charge is -2.30. The molecule has 1 N–H and O–H groups in total. The van der Waals surface area contributed by atoms with E-state index in [1.54, 1.807) is 12.1 Å². The van der Waals surface area contributed by atoms with Crippen molar-refractivity contribution in [3.05, 3.63) is 64.7 Å². The number of carbonyl (C=O) groups excluding carboxylic acids is 1. The Bertz CT molecular complexity index is 937. The quantitative estimate of drug-likeness (QED) is 0.672. The summed E-state index contributed by atoms with van der Waals surface area (Å²) < 4.78 is 26.3. The summed E-state index contributed by atoms with van der Waals surface area (Å²) in [5.74, 6) is -0.289. The predicted octanol–water partition coefficient (Wildman–Crippen LogP) is 3.98. The molecule has 158 valence electrons. The van der Waals surface area contributed by atoms with E-state index in [4.69, 9.17) is 0 Å². The van der Waals surface area contributed by atoms with Gasteiger partial charge in [0.1, 0.15) is 6.04 Å². The molecule has 0 aliphatic carbocycles. The van der Waals surface area contributed by atoms with Crippen molar-refractivity contribution in [2.24, 2.45) is 0 Å². The molecule has 2 aromatic rings. The van der Waals surface area contributed by atoms with Gasteiger partial charge in [0.2, 0.25) is 15.9 Å². The second kappa shape index (κ2) is 9.92. The fourth-order valence-electron chi connectivity index (χ4n) is 3.46. The molecule has 0 unspecified atom stereocenters. The van der Waals surface area contributed by atoms with Crippen LogP contribution in [-0.4, -0.2) is 26.6 Å². The third-order valence-corrected chi connectivity index (χ3v) is 6.31. The van der Waals surface area contributed by atoms with Crippen LogP contribution in [0.15, 0.2) is 42.5 Å². The summed E-state index contributed by atoms with van der Waals surface area (Å²) in [6.45, 7) is 8.34. The van der Waals surface area contributed by atoms with Gasteiger partial charge in [-0.2, -0.15) is 0 Å². The average molecular weight is 417 g/mol. The maximum absolute atomic E-state index is 13.0. The summed E-state index contributed by atoms with van der Waals surface area (Å²) in [4.78, 5) is 13.0. The summed E-state index contributed by atoms with van der Waals surface area (Å²) in [5.41, 5.74) is 5.02. The number of aryl methyl sites for hydroxylation is 3. The molecule has 1 amide bonds. The Hall–Kier alpha value is -2.34. The Balaban J connectivity index is 2.27. The first-order chi connectivity index (χ1) is 13.7. The van der Waals surface area contributed by atoms with Crippen molar-refractivity contribution in [3.63, 3.8) is 0 Å². The molecule has 0 aliphatic heterocycles. The minimum Gasteiger partial charge on any atom is -0.350 e. The molecule has 0 spiro atoms. The van der Waals surface area contributed by atoms with Crippen molar-refractivity contribution in [3.8, 4) is 0 Å². The third-order valence-electron chi connectivity index (χ3n) is 5.13. The van der Waals surface area contributed by atoms with Crippen LogP contribution in [0.4, 0.5) is 5.69 Å². The van der Waals surface area contributed by atoms with Gasteiger partial charge < -0.3 is 5.32 Å². The molecule has 6 heteroatoms. The molecule has 0 bridgehead atoms. The Morgan fingerprint density at radius 3 is 2.17 bits per heavy atom. The van der Waals surface area contributed by atoms with Crippen LogP contribution in [0.1, 0.15) is 49.4 Å². The average Bonchev–Trinajstić information content (AvgIpc) is 2.69. The molecular formula is C23H32N2O3S. The van der Waals surface area contributed by atoms with Gasteiger partial charge in [0.05, 0.1) is 11.9 Å². The van der Waals surface area contributed by atoms with Crippen LogP contribution < -0.4 is 9.62 Å². The maximum atomic E-state index is 13.0. The second-order valence-electron chi connectivity index (χ2n) is 7.35. The van der Waals surface area contributed by atoms with Gasteiger partial charge in [0.25, 0.3) is 0 Å². The van der Waals surface area contributed by atoms with Crippen molar-refractivity contribution < 1.29 is 13.2 Å². The van der Waals surface area contributed by atoms with E-state index in [-0.39, 0.29) is 5.91 Å². The number of nitrogens with one attached hydrogen (secondary N) is 1. The van der Waals surface area contributed by atoms with Gasteiger partial charge >= 0.3 is 0 Å². The van der Waals surface area contributed by atoms with Crippen LogP contribution in [0.2, 0.25) is 0 Å². The molecule has 0 saturated heterocycles. The zero-order chi connectivity index (χ0) is 21.6. The van der Waals surface area contributed by atoms with E-state index in [1.165, 1.54) is 15.4 Å². The topological polar surface area (TPSA) is 66.5 Å². The second-order valence-corrected chi connectivity index (χ2v) is 9.21. The Morgan fingerprint density at radius 1 is 1.00 bits per heavy atom. The summed E-state index contributed by atoms with van der Waals surface area (Å²) in [6.07, 6.45) is 3.33. The molecule has 2 aromatic carbocycles. The number of anilines is 1. The van der Waals surface area contributed by atoms with E-state index in [0.717, 1.165) is 30.2 Å². The molecule has 29 heavy (non-hydrogen) atoms. The van der Waals surface area contributed by atoms with Gasteiger partial charge in [-0.3, -0.25) is 9.10 Å². The number of hydrogen-bond donors (Lipinski definition) is 1. The summed E-state index contributed by atoms with van der Waals surface area (Å²) >= 11 is 0. The lowest BCUT2D eigenvalue weighted by atomic mass is 10.0. The molecule has 0 aromatic heterocycles. The van der Waals surface area contributed by atoms with Gasteiger partial charge in [0, 0.05) is 6.54 Å². The molecule has 0 heterocycles. The Morgan fingerprint density at radius 2 is 1.66 bits per heavy atom. The number of carbonyl (C=O) groups is 1. The van der Waals surface area contributed by atoms with E-state index in [1.807, 2.05) is 26.0 Å². The van der Waals surface area contributed by atoms with Crippen molar-refractivity contribution >= 4 is 21.6 Å². The molecule has 2 rings (SSSR count). The standard InChI is InChI=1S/C23H32N2O3S/c1-6-18-11-12-19(7-2)20(15-18)16-24-23(26)22(8-3)25(29(5,27)28)21-13-9-17(4)10-14-21/h9-15,22H,6-8,16H2,1-5H3,(H,24,26)/t22-/m0/s1. The van der Waals surface area contributed by atoms with E-state index in [9.17, 15) is 13.2 Å². The lowest BCUT2D eigenvalue weighted by molar-refractivity contribution is -0.122. The SMILES string of the molecule is CCc1ccc(CC)c(CNC(=O)[C@H](CC)N(c2ccc(C)cc2)S(C)(=O)=O)c1. The van der Waals surface area contributed by atoms with E-state index in [2.05, 4.69) is 37.4 Å². The summed E-state index contributed by atoms with van der Waals surface area (Å²) in [5, 5.41) is 2.96. The Kier molecular flexibility index (Phi) is 7.85. The van der Waals surface area contributed by atoms with Gasteiger partial charge in [0.15, 0.2) is 0 Å². The minimum absolute atomic E-state index is 0.289. The number of benzene rings is 2. The minimum atomic E-state index is -3.62. The zero-order valence-electron chi connectivity index (χ0n) is 18.0. The monoisotopic (exact) mass is 416 g/mol. The van der Waals surface area contributed by atoms with Crippen molar-refractivity contribution in [1.29, 1.82) is 0 Å². The molecular weight excluding hydrogens is 384 g/mol. The van der Waals surface area contributed by atoms with Crippen molar-refractivity contribution in [2.45, 2.75) is 59.5 Å². The maximum Gasteiger partial charge on any atom is 0.244 e. The first-order valence-electron chi connectivity index (χ1n) is 10.2. The first kappa shape index (κ1) is 22.9. The van der Waals surface area contributed by atoms with Crippen LogP contribution in [0.3, 0.4) is 0 Å². The highest BCUT2D eigenvalue weighted by molar-refractivity contribution is 7.92. The van der Waals surface area contributed by atoms with E-state index < -0.39 is 16.1 Å². The molecule has 1 atom stereocenters. The third kappa shape index (κ3) is 5.82. The number of amides is 1. The normalized spacial score (nSPS) is 12.4. The number of rotatable bonds is 9. The number of sulfonamides is 1. The highest BCUT2D eigenvalue weighted by Crippen LogP contribution is 2.23. The fourth-order valence-corrected chi connectivity index (χ4v) is 4.67. The van der Waals surface area contributed by atoms with Crippen molar-refractivity contribution in [1.82, 2.24) is 5.32 Å². The Labute approximate surface area is 175 Å². The molecule has 0 radical (unpaired) electrons. The molecule has 0 fully saturated rings. The predicted molar refractivity (Wildman–Crippen MR) is 120 cm³/mol. The first-order valence-corrected chi connectivity index (χ1v) is 12.0. The van der Waals surface area contributed by atoms with Crippen LogP contribution in [-0.2, 0) is 34.2 Å². The van der Waals surface area contributed by atoms with Gasteiger partial charge in [-0.25, -0.2) is 8.42 Å². The van der Waals surface area contributed by atoms with Crippen LogP contribution in [0.5, 0.6) is 0 Å². The number of hydrogen-bond acceptors (Lipinski definition) is 3. The highest BCUT2D eigenvalue weighted by Gasteiger charge is 2.31. The largest absolute Gasteiger partial charge is 0.350 e. The molecule has 0 saturated carbocycles. The summed E-state index contributed by atoms with van der Waals surface area (Å²) in [7, 11) is -3.62. The summed E-state index contributed by atoms with van der Waals surface area (Å²) in [6, 6.07) is 12.7. The zero-order valence-corrected chi connectivity index (χ0v) is 18.8. The van der Waals surface area contributed by atoms with Crippen LogP contribution >= 0.6 is 0 Å². The number of nitrogens with zero attached hydrogens (tertiary/aromatic N) is 1. The van der Waals surface area contributed by atoms with Crippen LogP contribution in [0, 0.1) is 6.92 Å². The van der Waals surface area contributed by atoms with E-state index >= 15 is 0 Å². The molecule has 5 nitrogen and oxygen atoms in total. The van der Waals surface area contributed by atoms with Gasteiger partial charge in [-0.1, -0.05) is 56.7 Å². The lowest BCUT2D eigenvalue weighted by Crippen LogP contribution is -2.49. The smallest absolute Gasteiger partial charge is 0.244 e. The highest BCUT2D eigenvalue weighted by atomic mass is 32.2. The van der Waals surface area contributed by atoms with Gasteiger partial charge in [-0.15, -0.1) is 0 Å². The molecule has 0 aliphatic rings. The van der Waals surface area contributed by atoms with E-state index in [0.29, 0.717) is 18.7 Å². The fraction of sp³-hybridized carbons (Fsp3) is 0.435.